The van der Waals surface area contributed by atoms with E-state index < -0.39 is 18.5 Å². The van der Waals surface area contributed by atoms with E-state index in [4.69, 9.17) is 14.7 Å². The Balaban J connectivity index is 1.93. The lowest BCUT2D eigenvalue weighted by Crippen LogP contribution is -2.21. The number of para-hydroxylation sites is 2. The van der Waals surface area contributed by atoms with E-state index in [9.17, 15) is 9.59 Å². The molecule has 23 heavy (non-hydrogen) atoms. The van der Waals surface area contributed by atoms with E-state index in [0.29, 0.717) is 17.0 Å². The highest BCUT2D eigenvalue weighted by Crippen LogP contribution is 2.22. The van der Waals surface area contributed by atoms with Gasteiger partial charge >= 0.3 is 5.97 Å². The Morgan fingerprint density at radius 1 is 1.17 bits per heavy atom. The number of nitrogens with zero attached hydrogens (tertiary/aromatic N) is 1. The molecule has 1 amide bonds. The second kappa shape index (κ2) is 7.61. The van der Waals surface area contributed by atoms with Crippen molar-refractivity contribution in [1.29, 1.82) is 5.26 Å². The molecule has 2 rings (SSSR count). The number of amides is 1. The maximum Gasteiger partial charge on any atom is 0.338 e. The summed E-state index contributed by atoms with van der Waals surface area (Å²) < 4.78 is 10.0. The standard InChI is InChI=1S/C17H14N2O4/c1-22-15-8-3-2-7-14(15)19-16(20)11-23-17(21)13-6-4-5-12(9-13)10-18/h2-9H,11H2,1H3,(H,19,20). The van der Waals surface area contributed by atoms with Gasteiger partial charge in [-0.05, 0) is 30.3 Å². The molecule has 116 valence electrons. The summed E-state index contributed by atoms with van der Waals surface area (Å²) in [6.45, 7) is -0.437. The van der Waals surface area contributed by atoms with Gasteiger partial charge in [-0.25, -0.2) is 4.79 Å². The van der Waals surface area contributed by atoms with Crippen LogP contribution in [0.15, 0.2) is 48.5 Å². The maximum atomic E-state index is 11.9. The first-order valence-electron chi connectivity index (χ1n) is 6.74. The first kappa shape index (κ1) is 16.0. The minimum atomic E-state index is -0.669. The summed E-state index contributed by atoms with van der Waals surface area (Å²) in [7, 11) is 1.49. The van der Waals surface area contributed by atoms with Crippen molar-refractivity contribution in [3.63, 3.8) is 0 Å². The summed E-state index contributed by atoms with van der Waals surface area (Å²) in [6.07, 6.45) is 0. The molecular weight excluding hydrogens is 296 g/mol. The van der Waals surface area contributed by atoms with E-state index in [1.54, 1.807) is 36.4 Å². The van der Waals surface area contributed by atoms with E-state index in [1.165, 1.54) is 19.2 Å². The number of ether oxygens (including phenoxy) is 2. The molecule has 0 spiro atoms. The molecule has 0 fully saturated rings. The monoisotopic (exact) mass is 310 g/mol. The van der Waals surface area contributed by atoms with Crippen molar-refractivity contribution in [1.82, 2.24) is 0 Å². The van der Waals surface area contributed by atoms with Gasteiger partial charge in [0.2, 0.25) is 0 Å². The van der Waals surface area contributed by atoms with E-state index in [-0.39, 0.29) is 5.56 Å². The van der Waals surface area contributed by atoms with Crippen LogP contribution < -0.4 is 10.1 Å². The highest BCUT2D eigenvalue weighted by Gasteiger charge is 2.12. The SMILES string of the molecule is COc1ccccc1NC(=O)COC(=O)c1cccc(C#N)c1. The zero-order chi connectivity index (χ0) is 16.7. The number of benzene rings is 2. The number of methoxy groups -OCH3 is 1. The lowest BCUT2D eigenvalue weighted by molar-refractivity contribution is -0.119. The number of rotatable bonds is 5. The Bertz CT molecular complexity index is 765. The number of esters is 1. The molecule has 0 atom stereocenters. The van der Waals surface area contributed by atoms with E-state index >= 15 is 0 Å². The summed E-state index contributed by atoms with van der Waals surface area (Å²) in [6, 6.07) is 14.9. The molecule has 0 aliphatic heterocycles. The number of anilines is 1. The van der Waals surface area contributed by atoms with Crippen LogP contribution in [0.5, 0.6) is 5.75 Å². The average molecular weight is 310 g/mol. The van der Waals surface area contributed by atoms with Gasteiger partial charge in [0.05, 0.1) is 30.0 Å². The Morgan fingerprint density at radius 3 is 2.70 bits per heavy atom. The van der Waals surface area contributed by atoms with Gasteiger partial charge in [-0.2, -0.15) is 5.26 Å². The highest BCUT2D eigenvalue weighted by molar-refractivity contribution is 5.96. The molecule has 2 aromatic carbocycles. The molecule has 2 aromatic rings. The topological polar surface area (TPSA) is 88.4 Å². The van der Waals surface area contributed by atoms with Crippen LogP contribution in [0.1, 0.15) is 15.9 Å². The van der Waals surface area contributed by atoms with Crippen molar-refractivity contribution >= 4 is 17.6 Å². The van der Waals surface area contributed by atoms with Crippen molar-refractivity contribution in [2.75, 3.05) is 19.0 Å². The second-order valence-corrected chi connectivity index (χ2v) is 4.52. The zero-order valence-electron chi connectivity index (χ0n) is 12.4. The molecule has 0 saturated heterocycles. The van der Waals surface area contributed by atoms with Crippen LogP contribution >= 0.6 is 0 Å². The zero-order valence-corrected chi connectivity index (χ0v) is 12.4. The van der Waals surface area contributed by atoms with Crippen LogP contribution in [-0.2, 0) is 9.53 Å². The lowest BCUT2D eigenvalue weighted by atomic mass is 10.1. The van der Waals surface area contributed by atoms with E-state index in [0.717, 1.165) is 0 Å². The highest BCUT2D eigenvalue weighted by atomic mass is 16.5. The average Bonchev–Trinajstić information content (AvgIpc) is 2.60. The largest absolute Gasteiger partial charge is 0.495 e. The molecular formula is C17H14N2O4. The Labute approximate surface area is 133 Å². The van der Waals surface area contributed by atoms with Crippen molar-refractivity contribution in [3.8, 4) is 11.8 Å². The predicted molar refractivity (Wildman–Crippen MR) is 83.1 cm³/mol. The van der Waals surface area contributed by atoms with E-state index in [2.05, 4.69) is 5.32 Å². The number of hydrogen-bond donors (Lipinski definition) is 1. The molecule has 6 heteroatoms. The van der Waals surface area contributed by atoms with Crippen LogP contribution in [-0.4, -0.2) is 25.6 Å². The summed E-state index contributed by atoms with van der Waals surface area (Å²) in [5, 5.41) is 11.4. The van der Waals surface area contributed by atoms with Gasteiger partial charge in [0.1, 0.15) is 5.75 Å². The van der Waals surface area contributed by atoms with Crippen molar-refractivity contribution in [3.05, 3.63) is 59.7 Å². The normalized spacial score (nSPS) is 9.57. The van der Waals surface area contributed by atoms with Crippen LogP contribution in [0.4, 0.5) is 5.69 Å². The van der Waals surface area contributed by atoms with Gasteiger partial charge in [-0.3, -0.25) is 4.79 Å². The Morgan fingerprint density at radius 2 is 1.96 bits per heavy atom. The summed E-state index contributed by atoms with van der Waals surface area (Å²) in [4.78, 5) is 23.7. The van der Waals surface area contributed by atoms with Gasteiger partial charge in [-0.15, -0.1) is 0 Å². The summed E-state index contributed by atoms with van der Waals surface area (Å²) >= 11 is 0. The quantitative estimate of drug-likeness (QED) is 0.856. The second-order valence-electron chi connectivity index (χ2n) is 4.52. The third-order valence-electron chi connectivity index (χ3n) is 2.94. The molecule has 0 saturated carbocycles. The first-order valence-corrected chi connectivity index (χ1v) is 6.74. The third-order valence-corrected chi connectivity index (χ3v) is 2.94. The fraction of sp³-hybridized carbons (Fsp3) is 0.118. The van der Waals surface area contributed by atoms with Gasteiger partial charge in [-0.1, -0.05) is 18.2 Å². The van der Waals surface area contributed by atoms with Crippen molar-refractivity contribution < 1.29 is 19.1 Å². The minimum absolute atomic E-state index is 0.217. The molecule has 0 aliphatic carbocycles. The minimum Gasteiger partial charge on any atom is -0.495 e. The number of carbonyl (C=O) groups excluding carboxylic acids is 2. The van der Waals surface area contributed by atoms with Crippen LogP contribution in [0, 0.1) is 11.3 Å². The maximum absolute atomic E-state index is 11.9. The number of nitriles is 1. The van der Waals surface area contributed by atoms with Crippen molar-refractivity contribution in [2.24, 2.45) is 0 Å². The first-order chi connectivity index (χ1) is 11.1. The molecule has 1 N–H and O–H groups in total. The van der Waals surface area contributed by atoms with Gasteiger partial charge in [0.15, 0.2) is 6.61 Å². The smallest absolute Gasteiger partial charge is 0.338 e. The fourth-order valence-corrected chi connectivity index (χ4v) is 1.86. The Hall–Kier alpha value is -3.33. The predicted octanol–water partition coefficient (Wildman–Crippen LogP) is 2.36. The molecule has 0 heterocycles. The number of hydrogen-bond acceptors (Lipinski definition) is 5. The number of carbonyl (C=O) groups is 2. The van der Waals surface area contributed by atoms with Crippen LogP contribution in [0.2, 0.25) is 0 Å². The van der Waals surface area contributed by atoms with Gasteiger partial charge in [0.25, 0.3) is 5.91 Å². The molecule has 0 aliphatic rings. The number of nitrogens with one attached hydrogen (secondary N) is 1. The molecule has 0 aromatic heterocycles. The summed E-state index contributed by atoms with van der Waals surface area (Å²) in [5.74, 6) is -0.648. The van der Waals surface area contributed by atoms with E-state index in [1.807, 2.05) is 6.07 Å². The molecule has 0 bridgehead atoms. The molecule has 0 radical (unpaired) electrons. The van der Waals surface area contributed by atoms with Gasteiger partial charge in [0, 0.05) is 0 Å². The lowest BCUT2D eigenvalue weighted by Gasteiger charge is -2.10. The third kappa shape index (κ3) is 4.32. The Kier molecular flexibility index (Phi) is 5.31. The van der Waals surface area contributed by atoms with Crippen molar-refractivity contribution in [2.45, 2.75) is 0 Å². The summed E-state index contributed by atoms with van der Waals surface area (Å²) in [5.41, 5.74) is 1.05. The van der Waals surface area contributed by atoms with Crippen LogP contribution in [0.3, 0.4) is 0 Å². The molecule has 0 unspecified atom stereocenters. The van der Waals surface area contributed by atoms with Crippen LogP contribution in [0.25, 0.3) is 0 Å². The van der Waals surface area contributed by atoms with Gasteiger partial charge < -0.3 is 14.8 Å². The fourth-order valence-electron chi connectivity index (χ4n) is 1.86. The molecule has 6 nitrogen and oxygen atoms in total.